The van der Waals surface area contributed by atoms with Crippen molar-refractivity contribution in [3.05, 3.63) is 70.8 Å². The molecule has 4 nitrogen and oxygen atoms in total. The van der Waals surface area contributed by atoms with Gasteiger partial charge in [0.2, 0.25) is 5.91 Å². The molecule has 3 rings (SSSR count). The van der Waals surface area contributed by atoms with Crippen molar-refractivity contribution in [2.45, 2.75) is 6.54 Å². The quantitative estimate of drug-likeness (QED) is 0.820. The number of hydrogen-bond donors (Lipinski definition) is 1. The first-order valence-corrected chi connectivity index (χ1v) is 9.22. The van der Waals surface area contributed by atoms with E-state index in [4.69, 9.17) is 11.6 Å². The Morgan fingerprint density at radius 2 is 1.69 bits per heavy atom. The molecule has 1 aliphatic heterocycles. The normalized spacial score (nSPS) is 15.4. The van der Waals surface area contributed by atoms with Crippen LogP contribution < -0.4 is 10.2 Å². The van der Waals surface area contributed by atoms with E-state index in [0.717, 1.165) is 37.3 Å². The van der Waals surface area contributed by atoms with Gasteiger partial charge in [0.15, 0.2) is 0 Å². The fourth-order valence-corrected chi connectivity index (χ4v) is 3.01. The van der Waals surface area contributed by atoms with Gasteiger partial charge in [-0.1, -0.05) is 35.9 Å². The summed E-state index contributed by atoms with van der Waals surface area (Å²) < 4.78 is 0. The van der Waals surface area contributed by atoms with Gasteiger partial charge in [-0.25, -0.2) is 0 Å². The third kappa shape index (κ3) is 5.35. The lowest BCUT2D eigenvalue weighted by molar-refractivity contribution is -0.116. The Hall–Kier alpha value is -2.30. The number of rotatable bonds is 5. The lowest BCUT2D eigenvalue weighted by Crippen LogP contribution is -2.44. The third-order valence-corrected chi connectivity index (χ3v) is 4.82. The van der Waals surface area contributed by atoms with Gasteiger partial charge < -0.3 is 15.1 Å². The Morgan fingerprint density at radius 3 is 2.35 bits per heavy atom. The molecule has 0 spiro atoms. The van der Waals surface area contributed by atoms with Crippen LogP contribution in [0.1, 0.15) is 11.1 Å². The number of nitrogens with one attached hydrogen (secondary N) is 1. The Morgan fingerprint density at radius 1 is 1.04 bits per heavy atom. The smallest absolute Gasteiger partial charge is 0.244 e. The highest BCUT2D eigenvalue weighted by atomic mass is 35.5. The average molecular weight is 370 g/mol. The van der Waals surface area contributed by atoms with E-state index in [1.165, 1.54) is 5.69 Å². The molecule has 0 aliphatic carbocycles. The first-order chi connectivity index (χ1) is 12.6. The van der Waals surface area contributed by atoms with Crippen LogP contribution in [0.25, 0.3) is 6.08 Å². The maximum Gasteiger partial charge on any atom is 0.244 e. The molecule has 0 saturated carbocycles. The van der Waals surface area contributed by atoms with Crippen molar-refractivity contribution in [2.75, 3.05) is 38.1 Å². The Labute approximate surface area is 160 Å². The molecule has 0 atom stereocenters. The zero-order valence-corrected chi connectivity index (χ0v) is 15.7. The van der Waals surface area contributed by atoms with Crippen LogP contribution in [0.3, 0.4) is 0 Å². The molecule has 1 aliphatic rings. The zero-order chi connectivity index (χ0) is 18.4. The maximum absolute atomic E-state index is 12.0. The molecule has 26 heavy (non-hydrogen) atoms. The number of anilines is 1. The molecule has 0 radical (unpaired) electrons. The van der Waals surface area contributed by atoms with Crippen molar-refractivity contribution in [3.8, 4) is 0 Å². The molecule has 136 valence electrons. The second-order valence-electron chi connectivity index (χ2n) is 6.56. The lowest BCUT2D eigenvalue weighted by Gasteiger charge is -2.34. The molecule has 2 aromatic rings. The summed E-state index contributed by atoms with van der Waals surface area (Å²) in [6.45, 7) is 4.83. The molecule has 5 heteroatoms. The van der Waals surface area contributed by atoms with E-state index < -0.39 is 0 Å². The van der Waals surface area contributed by atoms with Crippen LogP contribution in [-0.2, 0) is 11.3 Å². The molecule has 0 bridgehead atoms. The van der Waals surface area contributed by atoms with Crippen LogP contribution >= 0.6 is 11.6 Å². The molecule has 1 N–H and O–H groups in total. The third-order valence-electron chi connectivity index (χ3n) is 4.57. The van der Waals surface area contributed by atoms with Crippen LogP contribution in [0.5, 0.6) is 0 Å². The summed E-state index contributed by atoms with van der Waals surface area (Å²) in [5, 5.41) is 3.60. The van der Waals surface area contributed by atoms with Crippen LogP contribution in [0.2, 0.25) is 5.02 Å². The number of halogens is 1. The second-order valence-corrected chi connectivity index (χ2v) is 7.00. The van der Waals surface area contributed by atoms with Gasteiger partial charge in [0, 0.05) is 49.5 Å². The van der Waals surface area contributed by atoms with Crippen LogP contribution in [0.15, 0.2) is 54.6 Å². The highest BCUT2D eigenvalue weighted by Gasteiger charge is 2.13. The number of piperazine rings is 1. The zero-order valence-electron chi connectivity index (χ0n) is 15.0. The fourth-order valence-electron chi connectivity index (χ4n) is 2.88. The van der Waals surface area contributed by atoms with Crippen molar-refractivity contribution in [1.82, 2.24) is 10.2 Å². The second kappa shape index (κ2) is 8.88. The summed E-state index contributed by atoms with van der Waals surface area (Å²) >= 11 is 5.85. The Bertz CT molecular complexity index is 748. The van der Waals surface area contributed by atoms with Crippen molar-refractivity contribution in [1.29, 1.82) is 0 Å². The van der Waals surface area contributed by atoms with E-state index in [-0.39, 0.29) is 5.91 Å². The van der Waals surface area contributed by atoms with E-state index in [9.17, 15) is 4.79 Å². The number of carbonyl (C=O) groups is 1. The van der Waals surface area contributed by atoms with Crippen LogP contribution in [-0.4, -0.2) is 44.0 Å². The average Bonchev–Trinajstić information content (AvgIpc) is 2.67. The van der Waals surface area contributed by atoms with E-state index in [0.29, 0.717) is 11.6 Å². The van der Waals surface area contributed by atoms with Gasteiger partial charge in [0.1, 0.15) is 0 Å². The number of likely N-dealkylation sites (N-methyl/N-ethyl adjacent to an activating group) is 1. The summed E-state index contributed by atoms with van der Waals surface area (Å²) in [7, 11) is 2.16. The van der Waals surface area contributed by atoms with Gasteiger partial charge in [-0.05, 0) is 48.5 Å². The first-order valence-electron chi connectivity index (χ1n) is 8.84. The Balaban J connectivity index is 1.48. The molecule has 2 aromatic carbocycles. The highest BCUT2D eigenvalue weighted by Crippen LogP contribution is 2.17. The van der Waals surface area contributed by atoms with E-state index in [1.807, 2.05) is 12.1 Å². The maximum atomic E-state index is 12.0. The summed E-state index contributed by atoms with van der Waals surface area (Å²) in [4.78, 5) is 16.7. The van der Waals surface area contributed by atoms with Crippen molar-refractivity contribution < 1.29 is 4.79 Å². The molecular weight excluding hydrogens is 346 g/mol. The largest absolute Gasteiger partial charge is 0.369 e. The number of carbonyl (C=O) groups excluding carboxylic acids is 1. The summed E-state index contributed by atoms with van der Waals surface area (Å²) in [5.41, 5.74) is 3.29. The van der Waals surface area contributed by atoms with E-state index >= 15 is 0 Å². The minimum atomic E-state index is -0.108. The number of nitrogens with zero attached hydrogens (tertiary/aromatic N) is 2. The highest BCUT2D eigenvalue weighted by molar-refractivity contribution is 6.30. The van der Waals surface area contributed by atoms with E-state index in [2.05, 4.69) is 46.4 Å². The number of benzene rings is 2. The molecule has 1 fully saturated rings. The number of amides is 1. The Kier molecular flexibility index (Phi) is 6.31. The SMILES string of the molecule is CN1CCN(c2ccc(CNC(=O)/C=C/c3ccc(Cl)cc3)cc2)CC1. The van der Waals surface area contributed by atoms with Gasteiger partial charge >= 0.3 is 0 Å². The number of hydrogen-bond acceptors (Lipinski definition) is 3. The predicted molar refractivity (Wildman–Crippen MR) is 108 cm³/mol. The van der Waals surface area contributed by atoms with Gasteiger partial charge in [0.25, 0.3) is 0 Å². The molecular formula is C21H24ClN3O. The lowest BCUT2D eigenvalue weighted by atomic mass is 10.1. The van der Waals surface area contributed by atoms with Gasteiger partial charge in [-0.2, -0.15) is 0 Å². The van der Waals surface area contributed by atoms with Gasteiger partial charge in [0.05, 0.1) is 0 Å². The molecule has 1 saturated heterocycles. The molecule has 0 aromatic heterocycles. The molecule has 1 heterocycles. The minimum absolute atomic E-state index is 0.108. The molecule has 1 amide bonds. The standard InChI is InChI=1S/C21H24ClN3O/c1-24-12-14-25(15-13-24)20-9-4-18(5-10-20)16-23-21(26)11-6-17-2-7-19(22)8-3-17/h2-11H,12-16H2,1H3,(H,23,26)/b11-6+. The van der Waals surface area contributed by atoms with Gasteiger partial charge in [-0.3, -0.25) is 4.79 Å². The molecule has 0 unspecified atom stereocenters. The van der Waals surface area contributed by atoms with Crippen molar-refractivity contribution >= 4 is 29.3 Å². The van der Waals surface area contributed by atoms with E-state index in [1.54, 1.807) is 24.3 Å². The topological polar surface area (TPSA) is 35.6 Å². The predicted octanol–water partition coefficient (Wildman–Crippen LogP) is 3.42. The monoisotopic (exact) mass is 369 g/mol. The van der Waals surface area contributed by atoms with Crippen molar-refractivity contribution in [2.24, 2.45) is 0 Å². The van der Waals surface area contributed by atoms with Crippen LogP contribution in [0.4, 0.5) is 5.69 Å². The minimum Gasteiger partial charge on any atom is -0.369 e. The van der Waals surface area contributed by atoms with Gasteiger partial charge in [-0.15, -0.1) is 0 Å². The van der Waals surface area contributed by atoms with Crippen LogP contribution in [0, 0.1) is 0 Å². The fraction of sp³-hybridized carbons (Fsp3) is 0.286. The summed E-state index contributed by atoms with van der Waals surface area (Å²) in [5.74, 6) is -0.108. The first kappa shape index (κ1) is 18.5. The summed E-state index contributed by atoms with van der Waals surface area (Å²) in [6, 6.07) is 15.8. The van der Waals surface area contributed by atoms with Crippen molar-refractivity contribution in [3.63, 3.8) is 0 Å². The summed E-state index contributed by atoms with van der Waals surface area (Å²) in [6.07, 6.45) is 3.32.